The van der Waals surface area contributed by atoms with Crippen molar-refractivity contribution in [2.24, 2.45) is 5.92 Å². The fourth-order valence-electron chi connectivity index (χ4n) is 1.56. The van der Waals surface area contributed by atoms with Crippen LogP contribution in [-0.4, -0.2) is 24.5 Å². The van der Waals surface area contributed by atoms with E-state index in [1.54, 1.807) is 11.8 Å². The molecule has 0 saturated carbocycles. The van der Waals surface area contributed by atoms with Gasteiger partial charge in [0, 0.05) is 12.2 Å². The quantitative estimate of drug-likeness (QED) is 0.761. The number of carbonyl (C=O) groups is 1. The van der Waals surface area contributed by atoms with Gasteiger partial charge in [-0.15, -0.1) is 0 Å². The fourth-order valence-corrected chi connectivity index (χ4v) is 2.25. The maximum absolute atomic E-state index is 11.7. The maximum atomic E-state index is 11.7. The first-order valence-corrected chi connectivity index (χ1v) is 7.12. The van der Waals surface area contributed by atoms with Crippen molar-refractivity contribution in [2.75, 3.05) is 24.3 Å². The number of hydrogen-bond donors (Lipinski definition) is 2. The molecule has 1 amide bonds. The van der Waals surface area contributed by atoms with E-state index >= 15 is 0 Å². The van der Waals surface area contributed by atoms with Crippen molar-refractivity contribution >= 4 is 23.4 Å². The van der Waals surface area contributed by atoms with E-state index in [1.807, 2.05) is 24.3 Å². The van der Waals surface area contributed by atoms with Gasteiger partial charge in [-0.2, -0.15) is 11.8 Å². The Balaban J connectivity index is 2.37. The molecule has 94 valence electrons. The summed E-state index contributed by atoms with van der Waals surface area (Å²) in [4.78, 5) is 11.7. The number of nitrogens with one attached hydrogen (secondary N) is 1. The minimum absolute atomic E-state index is 0.0378. The zero-order chi connectivity index (χ0) is 12.7. The number of thioether (sulfide) groups is 1. The molecule has 1 aromatic carbocycles. The average Bonchev–Trinajstić information content (AvgIpc) is 2.30. The lowest BCUT2D eigenvalue weighted by Gasteiger charge is -2.11. The predicted molar refractivity (Wildman–Crippen MR) is 75.1 cm³/mol. The molecule has 3 nitrogen and oxygen atoms in total. The number of rotatable bonds is 6. The van der Waals surface area contributed by atoms with E-state index < -0.39 is 0 Å². The first kappa shape index (κ1) is 13.9. The molecule has 0 aliphatic carbocycles. The van der Waals surface area contributed by atoms with Crippen molar-refractivity contribution in [3.63, 3.8) is 0 Å². The maximum Gasteiger partial charge on any atom is 0.224 e. The van der Waals surface area contributed by atoms with Gasteiger partial charge in [-0.1, -0.05) is 25.1 Å². The van der Waals surface area contributed by atoms with Gasteiger partial charge >= 0.3 is 0 Å². The summed E-state index contributed by atoms with van der Waals surface area (Å²) in [7, 11) is 0. The van der Waals surface area contributed by atoms with Crippen LogP contribution in [0.2, 0.25) is 0 Å². The van der Waals surface area contributed by atoms with Crippen molar-refractivity contribution in [1.82, 2.24) is 5.32 Å². The number of nitrogens with two attached hydrogens (primary N) is 1. The number of anilines is 1. The van der Waals surface area contributed by atoms with Crippen LogP contribution in [0.3, 0.4) is 0 Å². The van der Waals surface area contributed by atoms with Crippen molar-refractivity contribution in [2.45, 2.75) is 13.3 Å². The Bertz CT molecular complexity index is 368. The number of hydrogen-bond acceptors (Lipinski definition) is 3. The van der Waals surface area contributed by atoms with Crippen molar-refractivity contribution in [3.8, 4) is 0 Å². The molecule has 0 aromatic heterocycles. The first-order valence-electron chi connectivity index (χ1n) is 5.72. The molecule has 0 aliphatic heterocycles. The van der Waals surface area contributed by atoms with Gasteiger partial charge in [0.1, 0.15) is 0 Å². The molecule has 0 fully saturated rings. The highest BCUT2D eigenvalue weighted by molar-refractivity contribution is 7.98. The van der Waals surface area contributed by atoms with Gasteiger partial charge in [-0.05, 0) is 29.6 Å². The third-order valence-electron chi connectivity index (χ3n) is 2.50. The molecule has 1 atom stereocenters. The zero-order valence-electron chi connectivity index (χ0n) is 10.4. The lowest BCUT2D eigenvalue weighted by Crippen LogP contribution is -2.30. The van der Waals surface area contributed by atoms with Gasteiger partial charge in [-0.3, -0.25) is 4.79 Å². The van der Waals surface area contributed by atoms with Gasteiger partial charge in [0.2, 0.25) is 5.91 Å². The normalized spacial score (nSPS) is 12.1. The van der Waals surface area contributed by atoms with E-state index in [0.29, 0.717) is 18.0 Å². The molecular weight excluding hydrogens is 232 g/mol. The third-order valence-corrected chi connectivity index (χ3v) is 3.41. The summed E-state index contributed by atoms with van der Waals surface area (Å²) < 4.78 is 0. The van der Waals surface area contributed by atoms with E-state index in [2.05, 4.69) is 18.5 Å². The van der Waals surface area contributed by atoms with Crippen LogP contribution in [0.25, 0.3) is 0 Å². The van der Waals surface area contributed by atoms with Gasteiger partial charge in [0.25, 0.3) is 0 Å². The van der Waals surface area contributed by atoms with E-state index in [4.69, 9.17) is 5.73 Å². The molecule has 1 unspecified atom stereocenters. The molecule has 0 saturated heterocycles. The van der Waals surface area contributed by atoms with Gasteiger partial charge in [0.15, 0.2) is 0 Å². The number of nitrogen functional groups attached to an aromatic ring is 1. The zero-order valence-corrected chi connectivity index (χ0v) is 11.2. The highest BCUT2D eigenvalue weighted by Crippen LogP contribution is 2.11. The molecular formula is C13H20N2OS. The summed E-state index contributed by atoms with van der Waals surface area (Å²) in [6.07, 6.45) is 2.43. The van der Waals surface area contributed by atoms with E-state index in [9.17, 15) is 4.79 Å². The van der Waals surface area contributed by atoms with Crippen molar-refractivity contribution in [3.05, 3.63) is 29.8 Å². The summed E-state index contributed by atoms with van der Waals surface area (Å²) in [5, 5.41) is 2.94. The van der Waals surface area contributed by atoms with Crippen LogP contribution >= 0.6 is 11.8 Å². The van der Waals surface area contributed by atoms with Crippen LogP contribution in [-0.2, 0) is 11.2 Å². The van der Waals surface area contributed by atoms with Crippen molar-refractivity contribution < 1.29 is 4.79 Å². The lowest BCUT2D eigenvalue weighted by molar-refractivity contribution is -0.120. The Labute approximate surface area is 107 Å². The minimum Gasteiger partial charge on any atom is -0.398 e. The Morgan fingerprint density at radius 1 is 1.47 bits per heavy atom. The lowest BCUT2D eigenvalue weighted by atomic mass is 10.1. The third kappa shape index (κ3) is 5.13. The second-order valence-corrected chi connectivity index (χ2v) is 5.15. The summed E-state index contributed by atoms with van der Waals surface area (Å²) in [5.74, 6) is 1.60. The molecule has 17 heavy (non-hydrogen) atoms. The van der Waals surface area contributed by atoms with Crippen LogP contribution in [0.15, 0.2) is 24.3 Å². The number of amides is 1. The van der Waals surface area contributed by atoms with Gasteiger partial charge in [0.05, 0.1) is 6.42 Å². The fraction of sp³-hybridized carbons (Fsp3) is 0.462. The molecule has 3 N–H and O–H groups in total. The minimum atomic E-state index is 0.0378. The second kappa shape index (κ2) is 7.22. The van der Waals surface area contributed by atoms with Crippen LogP contribution in [0.5, 0.6) is 0 Å². The van der Waals surface area contributed by atoms with Crippen LogP contribution in [0, 0.1) is 5.92 Å². The average molecular weight is 252 g/mol. The Morgan fingerprint density at radius 2 is 2.18 bits per heavy atom. The number of carbonyl (C=O) groups excluding carboxylic acids is 1. The Hall–Kier alpha value is -1.16. The Kier molecular flexibility index (Phi) is 5.91. The van der Waals surface area contributed by atoms with Crippen LogP contribution < -0.4 is 11.1 Å². The summed E-state index contributed by atoms with van der Waals surface area (Å²) in [6.45, 7) is 2.86. The van der Waals surface area contributed by atoms with Crippen LogP contribution in [0.4, 0.5) is 5.69 Å². The van der Waals surface area contributed by atoms with E-state index in [-0.39, 0.29) is 5.91 Å². The monoisotopic (exact) mass is 252 g/mol. The summed E-state index contributed by atoms with van der Waals surface area (Å²) in [6, 6.07) is 7.48. The molecule has 0 heterocycles. The van der Waals surface area contributed by atoms with Crippen LogP contribution in [0.1, 0.15) is 12.5 Å². The molecule has 0 radical (unpaired) electrons. The Morgan fingerprint density at radius 3 is 2.82 bits per heavy atom. The van der Waals surface area contributed by atoms with Gasteiger partial charge < -0.3 is 11.1 Å². The second-order valence-electron chi connectivity index (χ2n) is 4.24. The number of para-hydroxylation sites is 1. The van der Waals surface area contributed by atoms with E-state index in [0.717, 1.165) is 17.9 Å². The molecule has 1 aromatic rings. The van der Waals surface area contributed by atoms with Gasteiger partial charge in [-0.25, -0.2) is 0 Å². The highest BCUT2D eigenvalue weighted by Gasteiger charge is 2.07. The topological polar surface area (TPSA) is 55.1 Å². The number of benzene rings is 1. The molecule has 0 aliphatic rings. The van der Waals surface area contributed by atoms with E-state index in [1.165, 1.54) is 0 Å². The SMILES string of the molecule is CSCC(C)CNC(=O)Cc1ccccc1N. The summed E-state index contributed by atoms with van der Waals surface area (Å²) in [5.41, 5.74) is 7.36. The van der Waals surface area contributed by atoms with Crippen molar-refractivity contribution in [1.29, 1.82) is 0 Å². The summed E-state index contributed by atoms with van der Waals surface area (Å²) >= 11 is 1.80. The first-order chi connectivity index (χ1) is 8.13. The predicted octanol–water partition coefficient (Wildman–Crippen LogP) is 1.93. The highest BCUT2D eigenvalue weighted by atomic mass is 32.2. The molecule has 4 heteroatoms. The molecule has 0 spiro atoms. The smallest absolute Gasteiger partial charge is 0.224 e. The standard InChI is InChI=1S/C13H20N2OS/c1-10(9-17-2)8-15-13(16)7-11-5-3-4-6-12(11)14/h3-6,10H,7-9,14H2,1-2H3,(H,15,16). The molecule has 1 rings (SSSR count). The largest absolute Gasteiger partial charge is 0.398 e. The molecule has 0 bridgehead atoms.